The van der Waals surface area contributed by atoms with E-state index >= 15 is 0 Å². The molecule has 20 heavy (non-hydrogen) atoms. The van der Waals surface area contributed by atoms with Crippen molar-refractivity contribution in [3.8, 4) is 0 Å². The average Bonchev–Trinajstić information content (AvgIpc) is 2.47. The number of benzene rings is 2. The van der Waals surface area contributed by atoms with Crippen LogP contribution >= 0.6 is 0 Å². The molecular weight excluding hydrogens is 248 g/mol. The highest BCUT2D eigenvalue weighted by Crippen LogP contribution is 2.15. The first-order valence-electron chi connectivity index (χ1n) is 7.18. The molecule has 2 aromatic rings. The maximum atomic E-state index is 11.6. The van der Waals surface area contributed by atoms with Crippen molar-refractivity contribution in [1.82, 2.24) is 10.6 Å². The first-order valence-corrected chi connectivity index (χ1v) is 7.18. The van der Waals surface area contributed by atoms with E-state index in [1.807, 2.05) is 13.1 Å². The normalized spacial score (nSPS) is 10.7. The van der Waals surface area contributed by atoms with Gasteiger partial charge in [-0.2, -0.15) is 0 Å². The van der Waals surface area contributed by atoms with Crippen molar-refractivity contribution in [1.29, 1.82) is 0 Å². The molecule has 2 N–H and O–H groups in total. The van der Waals surface area contributed by atoms with E-state index in [4.69, 9.17) is 0 Å². The fraction of sp³-hybridized carbons (Fsp3) is 0.353. The van der Waals surface area contributed by atoms with E-state index in [0.29, 0.717) is 13.0 Å². The van der Waals surface area contributed by atoms with E-state index in [2.05, 4.69) is 47.0 Å². The molecule has 2 rings (SSSR count). The minimum atomic E-state index is 0.140. The highest BCUT2D eigenvalue weighted by atomic mass is 16.1. The van der Waals surface area contributed by atoms with Crippen LogP contribution in [0.4, 0.5) is 0 Å². The summed E-state index contributed by atoms with van der Waals surface area (Å²) in [6.45, 7) is 1.59. The molecule has 0 atom stereocenters. The van der Waals surface area contributed by atoms with Gasteiger partial charge in [0.2, 0.25) is 5.91 Å². The summed E-state index contributed by atoms with van der Waals surface area (Å²) in [5.74, 6) is 0.140. The fourth-order valence-electron chi connectivity index (χ4n) is 2.25. The quantitative estimate of drug-likeness (QED) is 0.759. The summed E-state index contributed by atoms with van der Waals surface area (Å²) in [6, 6.07) is 14.8. The van der Waals surface area contributed by atoms with Crippen LogP contribution in [0, 0.1) is 0 Å². The van der Waals surface area contributed by atoms with Gasteiger partial charge in [0.1, 0.15) is 0 Å². The van der Waals surface area contributed by atoms with Gasteiger partial charge in [-0.3, -0.25) is 4.79 Å². The summed E-state index contributed by atoms with van der Waals surface area (Å²) in [7, 11) is 1.90. The minimum Gasteiger partial charge on any atom is -0.356 e. The first-order chi connectivity index (χ1) is 9.79. The predicted octanol–water partition coefficient (Wildman–Crippen LogP) is 2.50. The van der Waals surface area contributed by atoms with Gasteiger partial charge in [0, 0.05) is 13.0 Å². The van der Waals surface area contributed by atoms with E-state index in [-0.39, 0.29) is 5.91 Å². The van der Waals surface area contributed by atoms with Crippen molar-refractivity contribution in [2.24, 2.45) is 0 Å². The molecule has 2 aromatic carbocycles. The molecule has 0 aromatic heterocycles. The van der Waals surface area contributed by atoms with Crippen molar-refractivity contribution in [2.45, 2.75) is 19.3 Å². The number of nitrogens with one attached hydrogen (secondary N) is 2. The Labute approximate surface area is 120 Å². The molecule has 0 fully saturated rings. The van der Waals surface area contributed by atoms with Crippen molar-refractivity contribution in [3.63, 3.8) is 0 Å². The number of hydrogen-bond acceptors (Lipinski definition) is 2. The Bertz CT molecular complexity index is 566. The molecule has 0 spiro atoms. The van der Waals surface area contributed by atoms with Crippen LogP contribution in [0.5, 0.6) is 0 Å². The molecule has 3 heteroatoms. The Balaban J connectivity index is 1.79. The van der Waals surface area contributed by atoms with Crippen LogP contribution in [-0.4, -0.2) is 26.0 Å². The number of hydrogen-bond donors (Lipinski definition) is 2. The van der Waals surface area contributed by atoms with E-state index < -0.39 is 0 Å². The fourth-order valence-corrected chi connectivity index (χ4v) is 2.25. The lowest BCUT2D eigenvalue weighted by molar-refractivity contribution is -0.121. The molecule has 0 unspecified atom stereocenters. The van der Waals surface area contributed by atoms with Gasteiger partial charge in [-0.15, -0.1) is 0 Å². The van der Waals surface area contributed by atoms with Gasteiger partial charge in [-0.05, 0) is 42.8 Å². The van der Waals surface area contributed by atoms with Crippen LogP contribution < -0.4 is 10.6 Å². The molecule has 106 valence electrons. The van der Waals surface area contributed by atoms with Crippen molar-refractivity contribution < 1.29 is 4.79 Å². The second-order valence-electron chi connectivity index (χ2n) is 4.99. The Morgan fingerprint density at radius 1 is 1.05 bits per heavy atom. The number of amides is 1. The SMILES string of the molecule is CNCCCC(=O)NCCc1ccc2ccccc2c1. The molecule has 0 aliphatic heterocycles. The summed E-state index contributed by atoms with van der Waals surface area (Å²) < 4.78 is 0. The third kappa shape index (κ3) is 4.35. The molecule has 0 heterocycles. The Hall–Kier alpha value is -1.87. The van der Waals surface area contributed by atoms with Crippen LogP contribution in [0.1, 0.15) is 18.4 Å². The standard InChI is InChI=1S/C17H22N2O/c1-18-11-4-7-17(20)19-12-10-14-8-9-15-5-2-3-6-16(15)13-14/h2-3,5-6,8-9,13,18H,4,7,10-12H2,1H3,(H,19,20). The first kappa shape index (κ1) is 14.5. The Kier molecular flexibility index (Phi) is 5.56. The largest absolute Gasteiger partial charge is 0.356 e. The third-order valence-electron chi connectivity index (χ3n) is 3.38. The number of fused-ring (bicyclic) bond motifs is 1. The van der Waals surface area contributed by atoms with E-state index in [1.54, 1.807) is 0 Å². The zero-order valence-electron chi connectivity index (χ0n) is 12.0. The van der Waals surface area contributed by atoms with Gasteiger partial charge in [0.15, 0.2) is 0 Å². The molecule has 0 radical (unpaired) electrons. The van der Waals surface area contributed by atoms with E-state index in [9.17, 15) is 4.79 Å². The van der Waals surface area contributed by atoms with Gasteiger partial charge < -0.3 is 10.6 Å². The summed E-state index contributed by atoms with van der Waals surface area (Å²) in [5.41, 5.74) is 1.26. The van der Waals surface area contributed by atoms with Crippen LogP contribution in [0.15, 0.2) is 42.5 Å². The molecule has 1 amide bonds. The molecular formula is C17H22N2O. The zero-order valence-corrected chi connectivity index (χ0v) is 12.0. The number of carbonyl (C=O) groups excluding carboxylic acids is 1. The van der Waals surface area contributed by atoms with Crippen LogP contribution in [0.2, 0.25) is 0 Å². The van der Waals surface area contributed by atoms with Crippen molar-refractivity contribution in [2.75, 3.05) is 20.1 Å². The third-order valence-corrected chi connectivity index (χ3v) is 3.38. The molecule has 0 bridgehead atoms. The maximum Gasteiger partial charge on any atom is 0.220 e. The highest BCUT2D eigenvalue weighted by Gasteiger charge is 2.01. The topological polar surface area (TPSA) is 41.1 Å². The smallest absolute Gasteiger partial charge is 0.220 e. The van der Waals surface area contributed by atoms with E-state index in [0.717, 1.165) is 19.4 Å². The lowest BCUT2D eigenvalue weighted by atomic mass is 10.1. The van der Waals surface area contributed by atoms with E-state index in [1.165, 1.54) is 16.3 Å². The predicted molar refractivity (Wildman–Crippen MR) is 83.8 cm³/mol. The van der Waals surface area contributed by atoms with Crippen molar-refractivity contribution in [3.05, 3.63) is 48.0 Å². The summed E-state index contributed by atoms with van der Waals surface area (Å²) in [5, 5.41) is 8.53. The lowest BCUT2D eigenvalue weighted by Gasteiger charge is -2.06. The summed E-state index contributed by atoms with van der Waals surface area (Å²) in [4.78, 5) is 11.6. The molecule has 0 aliphatic carbocycles. The second kappa shape index (κ2) is 7.65. The maximum absolute atomic E-state index is 11.6. The minimum absolute atomic E-state index is 0.140. The zero-order chi connectivity index (χ0) is 14.2. The monoisotopic (exact) mass is 270 g/mol. The molecule has 0 saturated carbocycles. The average molecular weight is 270 g/mol. The second-order valence-corrected chi connectivity index (χ2v) is 4.99. The Morgan fingerprint density at radius 3 is 2.65 bits per heavy atom. The molecule has 0 saturated heterocycles. The van der Waals surface area contributed by atoms with Crippen LogP contribution in [0.25, 0.3) is 10.8 Å². The van der Waals surface area contributed by atoms with Crippen LogP contribution in [0.3, 0.4) is 0 Å². The molecule has 3 nitrogen and oxygen atoms in total. The van der Waals surface area contributed by atoms with Crippen LogP contribution in [-0.2, 0) is 11.2 Å². The van der Waals surface area contributed by atoms with Crippen molar-refractivity contribution >= 4 is 16.7 Å². The number of carbonyl (C=O) groups is 1. The van der Waals surface area contributed by atoms with Gasteiger partial charge in [0.25, 0.3) is 0 Å². The number of rotatable bonds is 7. The van der Waals surface area contributed by atoms with Gasteiger partial charge in [-0.25, -0.2) is 0 Å². The summed E-state index contributed by atoms with van der Waals surface area (Å²) >= 11 is 0. The Morgan fingerprint density at radius 2 is 1.85 bits per heavy atom. The highest BCUT2D eigenvalue weighted by molar-refractivity contribution is 5.83. The van der Waals surface area contributed by atoms with Gasteiger partial charge in [-0.1, -0.05) is 42.5 Å². The molecule has 0 aliphatic rings. The van der Waals surface area contributed by atoms with Gasteiger partial charge >= 0.3 is 0 Å². The van der Waals surface area contributed by atoms with Gasteiger partial charge in [0.05, 0.1) is 0 Å². The summed E-state index contributed by atoms with van der Waals surface area (Å²) in [6.07, 6.45) is 2.36. The lowest BCUT2D eigenvalue weighted by Crippen LogP contribution is -2.26.